The largest absolute Gasteiger partial charge is 0.485 e. The van der Waals surface area contributed by atoms with Gasteiger partial charge in [0.25, 0.3) is 0 Å². The molecule has 0 saturated carbocycles. The molecule has 0 aliphatic carbocycles. The van der Waals surface area contributed by atoms with Crippen molar-refractivity contribution in [2.45, 2.75) is 32.4 Å². The van der Waals surface area contributed by atoms with E-state index in [1.54, 1.807) is 0 Å². The summed E-state index contributed by atoms with van der Waals surface area (Å²) in [6, 6.07) is 6.75. The van der Waals surface area contributed by atoms with E-state index < -0.39 is 0 Å². The van der Waals surface area contributed by atoms with Crippen molar-refractivity contribution in [2.24, 2.45) is 7.05 Å². The molecule has 1 aliphatic rings. The van der Waals surface area contributed by atoms with Gasteiger partial charge in [-0.3, -0.25) is 4.68 Å². The Morgan fingerprint density at radius 2 is 2.30 bits per heavy atom. The van der Waals surface area contributed by atoms with Gasteiger partial charge in [0.15, 0.2) is 0 Å². The Morgan fingerprint density at radius 1 is 1.45 bits per heavy atom. The molecule has 1 N–H and O–H groups in total. The normalized spacial score (nSPS) is 21.4. The third kappa shape index (κ3) is 2.43. The summed E-state index contributed by atoms with van der Waals surface area (Å²) in [5, 5.41) is 7.82. The Labute approximate surface area is 119 Å². The van der Waals surface area contributed by atoms with E-state index in [1.165, 1.54) is 11.1 Å². The minimum Gasteiger partial charge on any atom is -0.485 e. The first-order valence-corrected chi connectivity index (χ1v) is 7.16. The maximum Gasteiger partial charge on any atom is 0.129 e. The third-order valence-electron chi connectivity index (χ3n) is 3.81. The lowest BCUT2D eigenvalue weighted by molar-refractivity contribution is 0.152. The molecule has 4 nitrogen and oxygen atoms in total. The molecular formula is C16H21N3O. The first kappa shape index (κ1) is 13.2. The van der Waals surface area contributed by atoms with Gasteiger partial charge < -0.3 is 10.1 Å². The van der Waals surface area contributed by atoms with Gasteiger partial charge in [-0.2, -0.15) is 5.10 Å². The molecule has 2 unspecified atom stereocenters. The highest BCUT2D eigenvalue weighted by Gasteiger charge is 2.29. The summed E-state index contributed by atoms with van der Waals surface area (Å²) in [5.41, 5.74) is 3.68. The van der Waals surface area contributed by atoms with Crippen molar-refractivity contribution in [3.63, 3.8) is 0 Å². The zero-order valence-electron chi connectivity index (χ0n) is 12.3. The number of fused-ring (bicyclic) bond motifs is 1. The van der Waals surface area contributed by atoms with E-state index >= 15 is 0 Å². The molecule has 4 heteroatoms. The molecule has 2 atom stereocenters. The lowest BCUT2D eigenvalue weighted by Gasteiger charge is -2.32. The van der Waals surface area contributed by atoms with Gasteiger partial charge in [0.05, 0.1) is 6.20 Å². The Morgan fingerprint density at radius 3 is 3.00 bits per heavy atom. The topological polar surface area (TPSA) is 39.1 Å². The molecule has 1 aromatic carbocycles. The van der Waals surface area contributed by atoms with Crippen LogP contribution in [0.3, 0.4) is 0 Å². The summed E-state index contributed by atoms with van der Waals surface area (Å²) in [4.78, 5) is 0. The number of nitrogens with zero attached hydrogens (tertiary/aromatic N) is 2. The molecule has 106 valence electrons. The Kier molecular flexibility index (Phi) is 3.49. The van der Waals surface area contributed by atoms with Crippen LogP contribution in [0.5, 0.6) is 5.75 Å². The van der Waals surface area contributed by atoms with Crippen LogP contribution in [-0.2, 0) is 7.05 Å². The van der Waals surface area contributed by atoms with Gasteiger partial charge in [-0.05, 0) is 19.5 Å². The van der Waals surface area contributed by atoms with Crippen molar-refractivity contribution >= 4 is 0 Å². The van der Waals surface area contributed by atoms with E-state index in [-0.39, 0.29) is 6.10 Å². The molecule has 0 spiro atoms. The Balaban J connectivity index is 1.94. The predicted molar refractivity (Wildman–Crippen MR) is 78.8 cm³/mol. The summed E-state index contributed by atoms with van der Waals surface area (Å²) < 4.78 is 7.99. The molecule has 2 aromatic rings. The van der Waals surface area contributed by atoms with Gasteiger partial charge in [-0.25, -0.2) is 0 Å². The lowest BCUT2D eigenvalue weighted by atomic mass is 9.93. The van der Waals surface area contributed by atoms with Crippen LogP contribution in [0.2, 0.25) is 0 Å². The number of aryl methyl sites for hydroxylation is 2. The van der Waals surface area contributed by atoms with E-state index in [1.807, 2.05) is 24.1 Å². The fourth-order valence-corrected chi connectivity index (χ4v) is 2.84. The number of hydrogen-bond donors (Lipinski definition) is 1. The molecule has 1 aromatic heterocycles. The average molecular weight is 271 g/mol. The molecule has 0 bridgehead atoms. The van der Waals surface area contributed by atoms with Crippen molar-refractivity contribution in [1.29, 1.82) is 0 Å². The summed E-state index contributed by atoms with van der Waals surface area (Å²) >= 11 is 0. The molecular weight excluding hydrogens is 250 g/mol. The average Bonchev–Trinajstić information content (AvgIpc) is 2.86. The second-order valence-corrected chi connectivity index (χ2v) is 5.44. The minimum atomic E-state index is 0.0722. The second-order valence-electron chi connectivity index (χ2n) is 5.44. The SMILES string of the molecule is CCNC1CC(c2cnn(C)c2)Oc2ccc(C)cc21. The van der Waals surface area contributed by atoms with Crippen LogP contribution in [0.4, 0.5) is 0 Å². The number of benzene rings is 1. The smallest absolute Gasteiger partial charge is 0.129 e. The first-order valence-electron chi connectivity index (χ1n) is 7.16. The maximum absolute atomic E-state index is 6.17. The molecule has 20 heavy (non-hydrogen) atoms. The Bertz CT molecular complexity index is 606. The van der Waals surface area contributed by atoms with Gasteiger partial charge in [0.1, 0.15) is 11.9 Å². The van der Waals surface area contributed by atoms with Gasteiger partial charge in [-0.1, -0.05) is 24.6 Å². The van der Waals surface area contributed by atoms with Crippen LogP contribution in [0, 0.1) is 6.92 Å². The second kappa shape index (κ2) is 5.29. The van der Waals surface area contributed by atoms with E-state index in [2.05, 4.69) is 42.5 Å². The van der Waals surface area contributed by atoms with Crippen LogP contribution >= 0.6 is 0 Å². The van der Waals surface area contributed by atoms with Crippen molar-refractivity contribution in [3.8, 4) is 5.75 Å². The van der Waals surface area contributed by atoms with Gasteiger partial charge in [0.2, 0.25) is 0 Å². The highest BCUT2D eigenvalue weighted by molar-refractivity contribution is 5.41. The van der Waals surface area contributed by atoms with Crippen molar-refractivity contribution < 1.29 is 4.74 Å². The van der Waals surface area contributed by atoms with Gasteiger partial charge >= 0.3 is 0 Å². The molecule has 2 heterocycles. The molecule has 3 rings (SSSR count). The zero-order valence-corrected chi connectivity index (χ0v) is 12.3. The van der Waals surface area contributed by atoms with Crippen LogP contribution in [0.1, 0.15) is 42.2 Å². The van der Waals surface area contributed by atoms with E-state index in [4.69, 9.17) is 4.74 Å². The number of aromatic nitrogens is 2. The molecule has 0 amide bonds. The number of ether oxygens (including phenoxy) is 1. The van der Waals surface area contributed by atoms with Crippen molar-refractivity contribution in [2.75, 3.05) is 6.54 Å². The highest BCUT2D eigenvalue weighted by Crippen LogP contribution is 2.40. The monoisotopic (exact) mass is 271 g/mol. The highest BCUT2D eigenvalue weighted by atomic mass is 16.5. The minimum absolute atomic E-state index is 0.0722. The van der Waals surface area contributed by atoms with Crippen LogP contribution < -0.4 is 10.1 Å². The Hall–Kier alpha value is -1.81. The summed E-state index contributed by atoms with van der Waals surface area (Å²) in [6.07, 6.45) is 4.94. The van der Waals surface area contributed by atoms with E-state index in [0.717, 1.165) is 24.3 Å². The van der Waals surface area contributed by atoms with Crippen LogP contribution in [0.15, 0.2) is 30.6 Å². The van der Waals surface area contributed by atoms with Gasteiger partial charge in [0, 0.05) is 36.8 Å². The van der Waals surface area contributed by atoms with Crippen LogP contribution in [-0.4, -0.2) is 16.3 Å². The summed E-state index contributed by atoms with van der Waals surface area (Å²) in [5.74, 6) is 0.988. The number of nitrogens with one attached hydrogen (secondary N) is 1. The zero-order chi connectivity index (χ0) is 14.1. The standard InChI is InChI=1S/C16H21N3O/c1-4-17-14-8-16(12-9-18-19(3)10-12)20-15-6-5-11(2)7-13(14)15/h5-7,9-10,14,16-17H,4,8H2,1-3H3. The molecule has 0 saturated heterocycles. The molecule has 0 radical (unpaired) electrons. The fourth-order valence-electron chi connectivity index (χ4n) is 2.84. The first-order chi connectivity index (χ1) is 9.67. The van der Waals surface area contributed by atoms with Crippen molar-refractivity contribution in [3.05, 3.63) is 47.3 Å². The van der Waals surface area contributed by atoms with E-state index in [9.17, 15) is 0 Å². The van der Waals surface area contributed by atoms with Crippen LogP contribution in [0.25, 0.3) is 0 Å². The lowest BCUT2D eigenvalue weighted by Crippen LogP contribution is -2.29. The predicted octanol–water partition coefficient (Wildman–Crippen LogP) is 2.90. The van der Waals surface area contributed by atoms with Crippen molar-refractivity contribution in [1.82, 2.24) is 15.1 Å². The third-order valence-corrected chi connectivity index (χ3v) is 3.81. The number of hydrogen-bond acceptors (Lipinski definition) is 3. The quantitative estimate of drug-likeness (QED) is 0.933. The molecule has 1 aliphatic heterocycles. The van der Waals surface area contributed by atoms with E-state index in [0.29, 0.717) is 6.04 Å². The maximum atomic E-state index is 6.17. The number of rotatable bonds is 3. The molecule has 0 fully saturated rings. The summed E-state index contributed by atoms with van der Waals surface area (Å²) in [6.45, 7) is 5.22. The van der Waals surface area contributed by atoms with Gasteiger partial charge in [-0.15, -0.1) is 0 Å². The fraction of sp³-hybridized carbons (Fsp3) is 0.438. The summed E-state index contributed by atoms with van der Waals surface area (Å²) in [7, 11) is 1.94.